The smallest absolute Gasteiger partial charge is 0.0981 e. The Morgan fingerprint density at radius 2 is 2.05 bits per heavy atom. The quantitative estimate of drug-likeness (QED) is 0.860. The van der Waals surface area contributed by atoms with E-state index in [2.05, 4.69) is 38.0 Å². The second kappa shape index (κ2) is 5.51. The molecule has 0 amide bonds. The van der Waals surface area contributed by atoms with Gasteiger partial charge in [-0.05, 0) is 24.6 Å². The molecule has 0 aliphatic carbocycles. The Bertz CT molecular complexity index is 570. The highest BCUT2D eigenvalue weighted by Gasteiger charge is 2.17. The summed E-state index contributed by atoms with van der Waals surface area (Å²) in [6, 6.07) is 5.90. The van der Waals surface area contributed by atoms with Gasteiger partial charge in [-0.25, -0.2) is 4.98 Å². The molecule has 0 aliphatic heterocycles. The van der Waals surface area contributed by atoms with Gasteiger partial charge in [-0.1, -0.05) is 38.4 Å². The number of nitrogens with zero attached hydrogens (tertiary/aromatic N) is 1. The summed E-state index contributed by atoms with van der Waals surface area (Å²) in [5, 5.41) is 5.35. The minimum atomic E-state index is 0.120. The zero-order valence-corrected chi connectivity index (χ0v) is 13.3. The van der Waals surface area contributed by atoms with Gasteiger partial charge in [0, 0.05) is 27.2 Å². The van der Waals surface area contributed by atoms with Crippen molar-refractivity contribution in [2.45, 2.75) is 39.7 Å². The second-order valence-electron chi connectivity index (χ2n) is 5.69. The fourth-order valence-electron chi connectivity index (χ4n) is 1.70. The molecule has 1 aromatic carbocycles. The number of aryl methyl sites for hydroxylation is 1. The Hall–Kier alpha value is -1.06. The van der Waals surface area contributed by atoms with Crippen molar-refractivity contribution < 1.29 is 0 Å². The molecule has 2 aromatic rings. The summed E-state index contributed by atoms with van der Waals surface area (Å²) in [4.78, 5) is 5.73. The van der Waals surface area contributed by atoms with Crippen LogP contribution in [0.1, 0.15) is 36.2 Å². The van der Waals surface area contributed by atoms with Crippen molar-refractivity contribution in [2.75, 3.05) is 5.32 Å². The van der Waals surface area contributed by atoms with Crippen LogP contribution < -0.4 is 5.32 Å². The van der Waals surface area contributed by atoms with Crippen LogP contribution in [0.15, 0.2) is 24.4 Å². The van der Waals surface area contributed by atoms with Gasteiger partial charge in [0.25, 0.3) is 0 Å². The molecular formula is C15H19ClN2S. The van der Waals surface area contributed by atoms with Crippen LogP contribution in [-0.2, 0) is 12.0 Å². The van der Waals surface area contributed by atoms with Gasteiger partial charge < -0.3 is 5.32 Å². The molecule has 1 heterocycles. The van der Waals surface area contributed by atoms with Gasteiger partial charge in [-0.2, -0.15) is 0 Å². The Kier molecular flexibility index (Phi) is 4.16. The zero-order chi connectivity index (χ0) is 14.0. The number of rotatable bonds is 3. The van der Waals surface area contributed by atoms with Gasteiger partial charge in [0.2, 0.25) is 0 Å². The first-order valence-corrected chi connectivity index (χ1v) is 7.51. The van der Waals surface area contributed by atoms with Crippen LogP contribution in [0.25, 0.3) is 0 Å². The molecule has 0 unspecified atom stereocenters. The molecule has 0 atom stereocenters. The first kappa shape index (κ1) is 14.4. The van der Waals surface area contributed by atoms with Crippen LogP contribution in [0.5, 0.6) is 0 Å². The molecule has 0 aliphatic rings. The SMILES string of the molecule is Cc1ccc(Cl)cc1NCc1cnc(C(C)(C)C)s1. The maximum Gasteiger partial charge on any atom is 0.0981 e. The molecular weight excluding hydrogens is 276 g/mol. The third-order valence-corrected chi connectivity index (χ3v) is 4.51. The van der Waals surface area contributed by atoms with E-state index in [1.54, 1.807) is 11.3 Å². The summed E-state index contributed by atoms with van der Waals surface area (Å²) >= 11 is 7.78. The number of hydrogen-bond donors (Lipinski definition) is 1. The molecule has 0 bridgehead atoms. The lowest BCUT2D eigenvalue weighted by Gasteiger charge is -2.13. The summed E-state index contributed by atoms with van der Waals surface area (Å²) in [6.45, 7) is 9.42. The summed E-state index contributed by atoms with van der Waals surface area (Å²) in [5.41, 5.74) is 2.40. The summed E-state index contributed by atoms with van der Waals surface area (Å²) in [7, 11) is 0. The maximum absolute atomic E-state index is 6.01. The minimum absolute atomic E-state index is 0.120. The molecule has 1 aromatic heterocycles. The van der Waals surface area contributed by atoms with E-state index in [-0.39, 0.29) is 5.41 Å². The van der Waals surface area contributed by atoms with Gasteiger partial charge in [0.15, 0.2) is 0 Å². The molecule has 0 saturated heterocycles. The highest BCUT2D eigenvalue weighted by molar-refractivity contribution is 7.11. The predicted octanol–water partition coefficient (Wildman–Crippen LogP) is 5.01. The van der Waals surface area contributed by atoms with Crippen molar-refractivity contribution in [3.05, 3.63) is 44.9 Å². The van der Waals surface area contributed by atoms with Crippen molar-refractivity contribution in [3.8, 4) is 0 Å². The van der Waals surface area contributed by atoms with E-state index in [0.717, 1.165) is 17.3 Å². The van der Waals surface area contributed by atoms with Crippen LogP contribution in [0, 0.1) is 6.92 Å². The molecule has 4 heteroatoms. The molecule has 1 N–H and O–H groups in total. The fourth-order valence-corrected chi connectivity index (χ4v) is 2.78. The number of thiazole rings is 1. The van der Waals surface area contributed by atoms with E-state index in [1.807, 2.05) is 24.4 Å². The Morgan fingerprint density at radius 1 is 1.32 bits per heavy atom. The van der Waals surface area contributed by atoms with Crippen molar-refractivity contribution in [1.82, 2.24) is 4.98 Å². The Morgan fingerprint density at radius 3 is 2.68 bits per heavy atom. The first-order chi connectivity index (χ1) is 8.86. The van der Waals surface area contributed by atoms with Crippen molar-refractivity contribution in [1.29, 1.82) is 0 Å². The Balaban J connectivity index is 2.06. The molecule has 2 rings (SSSR count). The standard InChI is InChI=1S/C15H19ClN2S/c1-10-5-6-11(16)7-13(10)17-8-12-9-18-14(19-12)15(2,3)4/h5-7,9,17H,8H2,1-4H3. The summed E-state index contributed by atoms with van der Waals surface area (Å²) in [5.74, 6) is 0. The summed E-state index contributed by atoms with van der Waals surface area (Å²) < 4.78 is 0. The van der Waals surface area contributed by atoms with Gasteiger partial charge in [-0.15, -0.1) is 11.3 Å². The van der Waals surface area contributed by atoms with Gasteiger partial charge in [0.05, 0.1) is 11.6 Å². The number of hydrogen-bond acceptors (Lipinski definition) is 3. The predicted molar refractivity (Wildman–Crippen MR) is 84.3 cm³/mol. The number of anilines is 1. The molecule has 0 fully saturated rings. The van der Waals surface area contributed by atoms with Crippen molar-refractivity contribution in [3.63, 3.8) is 0 Å². The molecule has 0 spiro atoms. The van der Waals surface area contributed by atoms with Gasteiger partial charge >= 0.3 is 0 Å². The molecule has 19 heavy (non-hydrogen) atoms. The molecule has 0 saturated carbocycles. The average Bonchev–Trinajstić information content (AvgIpc) is 2.79. The molecule has 102 valence electrons. The van der Waals surface area contributed by atoms with Gasteiger partial charge in [-0.3, -0.25) is 0 Å². The summed E-state index contributed by atoms with van der Waals surface area (Å²) in [6.07, 6.45) is 1.96. The van der Waals surface area contributed by atoms with Crippen LogP contribution >= 0.6 is 22.9 Å². The van der Waals surface area contributed by atoms with Crippen LogP contribution in [0.2, 0.25) is 5.02 Å². The highest BCUT2D eigenvalue weighted by atomic mass is 35.5. The molecule has 0 radical (unpaired) electrons. The van der Waals surface area contributed by atoms with Crippen LogP contribution in [0.3, 0.4) is 0 Å². The van der Waals surface area contributed by atoms with Crippen molar-refractivity contribution >= 4 is 28.6 Å². The molecule has 2 nitrogen and oxygen atoms in total. The number of nitrogens with one attached hydrogen (secondary N) is 1. The van der Waals surface area contributed by atoms with Crippen molar-refractivity contribution in [2.24, 2.45) is 0 Å². The van der Waals surface area contributed by atoms with E-state index >= 15 is 0 Å². The average molecular weight is 295 g/mol. The third-order valence-electron chi connectivity index (χ3n) is 2.85. The van der Waals surface area contributed by atoms with Crippen LogP contribution in [-0.4, -0.2) is 4.98 Å². The van der Waals surface area contributed by atoms with Crippen LogP contribution in [0.4, 0.5) is 5.69 Å². The lowest BCUT2D eigenvalue weighted by molar-refractivity contribution is 0.585. The number of aromatic nitrogens is 1. The number of benzene rings is 1. The first-order valence-electron chi connectivity index (χ1n) is 6.31. The lowest BCUT2D eigenvalue weighted by Crippen LogP contribution is -2.09. The van der Waals surface area contributed by atoms with E-state index < -0.39 is 0 Å². The van der Waals surface area contributed by atoms with E-state index in [9.17, 15) is 0 Å². The lowest BCUT2D eigenvalue weighted by atomic mass is 9.98. The monoisotopic (exact) mass is 294 g/mol. The topological polar surface area (TPSA) is 24.9 Å². The van der Waals surface area contributed by atoms with E-state index in [1.165, 1.54) is 15.4 Å². The fraction of sp³-hybridized carbons (Fsp3) is 0.400. The van der Waals surface area contributed by atoms with E-state index in [4.69, 9.17) is 11.6 Å². The third kappa shape index (κ3) is 3.71. The minimum Gasteiger partial charge on any atom is -0.380 e. The van der Waals surface area contributed by atoms with E-state index in [0.29, 0.717) is 0 Å². The maximum atomic E-state index is 6.01. The normalized spacial score (nSPS) is 11.6. The zero-order valence-electron chi connectivity index (χ0n) is 11.7. The Labute approximate surface area is 123 Å². The van der Waals surface area contributed by atoms with Gasteiger partial charge in [0.1, 0.15) is 0 Å². The second-order valence-corrected chi connectivity index (χ2v) is 7.25. The number of halogens is 1. The highest BCUT2D eigenvalue weighted by Crippen LogP contribution is 2.27. The largest absolute Gasteiger partial charge is 0.380 e.